The van der Waals surface area contributed by atoms with Gasteiger partial charge >= 0.3 is 0 Å². The van der Waals surface area contributed by atoms with E-state index in [2.05, 4.69) is 32.3 Å². The number of benzene rings is 1. The van der Waals surface area contributed by atoms with Gasteiger partial charge in [-0.1, -0.05) is 43.6 Å². The Balaban J connectivity index is 1.57. The van der Waals surface area contributed by atoms with E-state index in [4.69, 9.17) is 17.0 Å². The van der Waals surface area contributed by atoms with Gasteiger partial charge in [0, 0.05) is 25.0 Å². The summed E-state index contributed by atoms with van der Waals surface area (Å²) in [5.41, 5.74) is 1.20. The van der Waals surface area contributed by atoms with Gasteiger partial charge in [0.25, 0.3) is 0 Å². The Bertz CT molecular complexity index is 788. The SMILES string of the molecule is COc1ccc(CN(c2ncccn2)C(C(=S)NC2CCCCC2)C2CC2)cc1. The highest BCUT2D eigenvalue weighted by Gasteiger charge is 2.39. The molecular formula is C23H30N4OS. The average molecular weight is 411 g/mol. The molecule has 154 valence electrons. The fourth-order valence-electron chi connectivity index (χ4n) is 4.22. The van der Waals surface area contributed by atoms with Gasteiger partial charge in [0.15, 0.2) is 0 Å². The van der Waals surface area contributed by atoms with Gasteiger partial charge in [-0.3, -0.25) is 0 Å². The number of ether oxygens (including phenoxy) is 1. The zero-order valence-corrected chi connectivity index (χ0v) is 17.9. The van der Waals surface area contributed by atoms with Crippen LogP contribution in [0.15, 0.2) is 42.7 Å². The largest absolute Gasteiger partial charge is 0.497 e. The van der Waals surface area contributed by atoms with Gasteiger partial charge in [-0.05, 0) is 55.4 Å². The molecule has 1 aromatic heterocycles. The summed E-state index contributed by atoms with van der Waals surface area (Å²) < 4.78 is 5.31. The first kappa shape index (κ1) is 20.1. The molecule has 2 aromatic rings. The number of hydrogen-bond acceptors (Lipinski definition) is 5. The molecule has 2 fully saturated rings. The molecule has 6 heteroatoms. The maximum atomic E-state index is 5.98. The van der Waals surface area contributed by atoms with Crippen LogP contribution in [0.1, 0.15) is 50.5 Å². The molecule has 2 aliphatic rings. The Kier molecular flexibility index (Phi) is 6.60. The summed E-state index contributed by atoms with van der Waals surface area (Å²) in [5, 5.41) is 3.71. The van der Waals surface area contributed by atoms with E-state index in [0.29, 0.717) is 12.0 Å². The number of methoxy groups -OCH3 is 1. The predicted molar refractivity (Wildman–Crippen MR) is 120 cm³/mol. The number of anilines is 1. The van der Waals surface area contributed by atoms with Crippen molar-refractivity contribution in [2.45, 2.75) is 63.6 Å². The molecule has 0 radical (unpaired) electrons. The third kappa shape index (κ3) is 5.24. The number of aromatic nitrogens is 2. The van der Waals surface area contributed by atoms with Crippen LogP contribution in [0, 0.1) is 5.92 Å². The van der Waals surface area contributed by atoms with Crippen LogP contribution >= 0.6 is 12.2 Å². The van der Waals surface area contributed by atoms with Gasteiger partial charge in [0.2, 0.25) is 5.95 Å². The fourth-order valence-corrected chi connectivity index (χ4v) is 4.70. The van der Waals surface area contributed by atoms with Gasteiger partial charge in [-0.15, -0.1) is 0 Å². The van der Waals surface area contributed by atoms with E-state index >= 15 is 0 Å². The van der Waals surface area contributed by atoms with Crippen molar-refractivity contribution in [3.05, 3.63) is 48.3 Å². The first-order valence-corrected chi connectivity index (χ1v) is 11.1. The van der Waals surface area contributed by atoms with E-state index in [-0.39, 0.29) is 6.04 Å². The third-order valence-corrected chi connectivity index (χ3v) is 6.30. The highest BCUT2D eigenvalue weighted by atomic mass is 32.1. The Morgan fingerprint density at radius 1 is 1.10 bits per heavy atom. The molecule has 1 heterocycles. The second-order valence-corrected chi connectivity index (χ2v) is 8.59. The van der Waals surface area contributed by atoms with Crippen molar-refractivity contribution in [2.24, 2.45) is 5.92 Å². The highest BCUT2D eigenvalue weighted by Crippen LogP contribution is 2.38. The molecule has 29 heavy (non-hydrogen) atoms. The lowest BCUT2D eigenvalue weighted by Gasteiger charge is -2.35. The summed E-state index contributed by atoms with van der Waals surface area (Å²) in [7, 11) is 1.69. The zero-order valence-electron chi connectivity index (χ0n) is 17.1. The normalized spacial score (nSPS) is 18.1. The van der Waals surface area contributed by atoms with Crippen molar-refractivity contribution in [1.29, 1.82) is 0 Å². The Morgan fingerprint density at radius 2 is 1.79 bits per heavy atom. The molecule has 4 rings (SSSR count). The summed E-state index contributed by atoms with van der Waals surface area (Å²) in [6, 6.07) is 10.7. The second-order valence-electron chi connectivity index (χ2n) is 8.15. The predicted octanol–water partition coefficient (Wildman–Crippen LogP) is 4.52. The summed E-state index contributed by atoms with van der Waals surface area (Å²) >= 11 is 5.98. The topological polar surface area (TPSA) is 50.3 Å². The van der Waals surface area contributed by atoms with E-state index in [1.807, 2.05) is 30.6 Å². The van der Waals surface area contributed by atoms with E-state index in [1.54, 1.807) is 7.11 Å². The van der Waals surface area contributed by atoms with Crippen LogP contribution in [0.25, 0.3) is 0 Å². The second kappa shape index (κ2) is 9.53. The van der Waals surface area contributed by atoms with Crippen molar-refractivity contribution in [3.63, 3.8) is 0 Å². The van der Waals surface area contributed by atoms with Crippen LogP contribution in [0.3, 0.4) is 0 Å². The van der Waals surface area contributed by atoms with Gasteiger partial charge in [0.05, 0.1) is 18.1 Å². The van der Waals surface area contributed by atoms with Crippen molar-refractivity contribution in [1.82, 2.24) is 15.3 Å². The van der Waals surface area contributed by atoms with Crippen LogP contribution in [0.2, 0.25) is 0 Å². The molecule has 0 saturated heterocycles. The van der Waals surface area contributed by atoms with Gasteiger partial charge < -0.3 is 15.0 Å². The van der Waals surface area contributed by atoms with E-state index in [9.17, 15) is 0 Å². The molecule has 1 atom stereocenters. The highest BCUT2D eigenvalue weighted by molar-refractivity contribution is 7.80. The lowest BCUT2D eigenvalue weighted by atomic mass is 9.95. The Labute approximate surface area is 178 Å². The molecule has 0 amide bonds. The number of nitrogens with one attached hydrogen (secondary N) is 1. The maximum absolute atomic E-state index is 5.98. The van der Waals surface area contributed by atoms with Crippen LogP contribution in [-0.4, -0.2) is 34.1 Å². The van der Waals surface area contributed by atoms with Crippen molar-refractivity contribution >= 4 is 23.2 Å². The minimum Gasteiger partial charge on any atom is -0.497 e. The minimum atomic E-state index is 0.136. The molecule has 1 aromatic carbocycles. The first-order chi connectivity index (χ1) is 14.2. The smallest absolute Gasteiger partial charge is 0.226 e. The first-order valence-electron chi connectivity index (χ1n) is 10.7. The monoisotopic (exact) mass is 410 g/mol. The van der Waals surface area contributed by atoms with Crippen LogP contribution in [0.5, 0.6) is 5.75 Å². The lowest BCUT2D eigenvalue weighted by molar-refractivity contribution is 0.410. The Morgan fingerprint density at radius 3 is 2.41 bits per heavy atom. The molecule has 0 aliphatic heterocycles. The third-order valence-electron chi connectivity index (χ3n) is 5.95. The van der Waals surface area contributed by atoms with E-state index in [0.717, 1.165) is 23.2 Å². The summed E-state index contributed by atoms with van der Waals surface area (Å²) in [5.74, 6) is 2.18. The maximum Gasteiger partial charge on any atom is 0.226 e. The zero-order chi connectivity index (χ0) is 20.1. The molecular weight excluding hydrogens is 380 g/mol. The standard InChI is InChI=1S/C23H30N4OS/c1-28-20-12-8-17(9-13-20)16-27(23-24-14-5-15-25-23)21(18-10-11-18)22(29)26-19-6-3-2-4-7-19/h5,8-9,12-15,18-19,21H,2-4,6-7,10-11,16H2,1H3,(H,26,29). The van der Waals surface area contributed by atoms with Crippen LogP contribution < -0.4 is 15.0 Å². The number of rotatable bonds is 8. The average Bonchev–Trinajstić information content (AvgIpc) is 3.60. The van der Waals surface area contributed by atoms with Gasteiger partial charge in [-0.2, -0.15) is 0 Å². The molecule has 2 aliphatic carbocycles. The van der Waals surface area contributed by atoms with Gasteiger partial charge in [0.1, 0.15) is 5.75 Å². The molecule has 5 nitrogen and oxygen atoms in total. The lowest BCUT2D eigenvalue weighted by Crippen LogP contribution is -2.50. The summed E-state index contributed by atoms with van der Waals surface area (Å²) in [4.78, 5) is 12.4. The number of thiocarbonyl (C=S) groups is 1. The van der Waals surface area contributed by atoms with Crippen LogP contribution in [0.4, 0.5) is 5.95 Å². The van der Waals surface area contributed by atoms with E-state index < -0.39 is 0 Å². The number of hydrogen-bond donors (Lipinski definition) is 1. The number of nitrogens with zero attached hydrogens (tertiary/aromatic N) is 3. The van der Waals surface area contributed by atoms with Crippen molar-refractivity contribution in [2.75, 3.05) is 12.0 Å². The fraction of sp³-hybridized carbons (Fsp3) is 0.522. The quantitative estimate of drug-likeness (QED) is 0.646. The van der Waals surface area contributed by atoms with Crippen LogP contribution in [-0.2, 0) is 6.54 Å². The summed E-state index contributed by atoms with van der Waals surface area (Å²) in [6.45, 7) is 0.724. The van der Waals surface area contributed by atoms with E-state index in [1.165, 1.54) is 50.5 Å². The van der Waals surface area contributed by atoms with Gasteiger partial charge in [-0.25, -0.2) is 9.97 Å². The molecule has 1 unspecified atom stereocenters. The summed E-state index contributed by atoms with van der Waals surface area (Å²) in [6.07, 6.45) is 12.4. The Hall–Kier alpha value is -2.21. The van der Waals surface area contributed by atoms with Crippen molar-refractivity contribution < 1.29 is 4.74 Å². The molecule has 0 spiro atoms. The molecule has 0 bridgehead atoms. The van der Waals surface area contributed by atoms with Crippen molar-refractivity contribution in [3.8, 4) is 5.75 Å². The molecule has 2 saturated carbocycles. The minimum absolute atomic E-state index is 0.136. The molecule has 1 N–H and O–H groups in total.